The zero-order valence-corrected chi connectivity index (χ0v) is 13.2. The highest BCUT2D eigenvalue weighted by atomic mass is 35.5. The van der Waals surface area contributed by atoms with Gasteiger partial charge in [-0.3, -0.25) is 14.9 Å². The first-order valence-electron chi connectivity index (χ1n) is 7.38. The van der Waals surface area contributed by atoms with Crippen molar-refractivity contribution in [3.05, 3.63) is 45.0 Å². The van der Waals surface area contributed by atoms with E-state index in [2.05, 4.69) is 12.2 Å². The fourth-order valence-corrected chi connectivity index (χ4v) is 2.79. The number of nitrogens with one attached hydrogen (secondary N) is 1. The second-order valence-electron chi connectivity index (χ2n) is 5.77. The molecule has 118 valence electrons. The number of nitro groups is 1. The summed E-state index contributed by atoms with van der Waals surface area (Å²) in [5.41, 5.74) is 0.411. The van der Waals surface area contributed by atoms with Gasteiger partial charge in [0.05, 0.1) is 4.92 Å². The number of amides is 1. The van der Waals surface area contributed by atoms with E-state index in [0.717, 1.165) is 31.6 Å². The summed E-state index contributed by atoms with van der Waals surface area (Å²) >= 11 is 5.75. The normalized spacial score (nSPS) is 21.7. The largest absolute Gasteiger partial charge is 0.350 e. The summed E-state index contributed by atoms with van der Waals surface area (Å²) in [6.07, 6.45) is 7.26. The van der Waals surface area contributed by atoms with Gasteiger partial charge in [-0.15, -0.1) is 0 Å². The molecule has 0 bridgehead atoms. The van der Waals surface area contributed by atoms with Gasteiger partial charge in [-0.25, -0.2) is 0 Å². The zero-order valence-electron chi connectivity index (χ0n) is 12.4. The van der Waals surface area contributed by atoms with Gasteiger partial charge >= 0.3 is 0 Å². The molecule has 1 aliphatic carbocycles. The molecule has 0 atom stereocenters. The third-order valence-electron chi connectivity index (χ3n) is 3.96. The minimum absolute atomic E-state index is 0.0860. The summed E-state index contributed by atoms with van der Waals surface area (Å²) in [4.78, 5) is 22.2. The van der Waals surface area contributed by atoms with Crippen molar-refractivity contribution in [3.8, 4) is 0 Å². The van der Waals surface area contributed by atoms with Crippen molar-refractivity contribution in [1.82, 2.24) is 5.32 Å². The van der Waals surface area contributed by atoms with Crippen molar-refractivity contribution in [2.24, 2.45) is 5.92 Å². The molecule has 1 aromatic carbocycles. The zero-order chi connectivity index (χ0) is 16.1. The van der Waals surface area contributed by atoms with Gasteiger partial charge in [0.15, 0.2) is 0 Å². The van der Waals surface area contributed by atoms with E-state index in [1.165, 1.54) is 18.2 Å². The summed E-state index contributed by atoms with van der Waals surface area (Å²) in [6.45, 7) is 2.23. The Hall–Kier alpha value is -1.88. The maximum absolute atomic E-state index is 11.9. The standard InChI is InChI=1S/C16H19ClN2O3/c1-11-2-6-13(7-3-11)18-16(20)9-5-12-4-8-14(17)15(10-12)19(21)22/h4-5,8-11,13H,2-3,6-7H2,1H3,(H,18,20)/b9-5+. The molecule has 1 aromatic rings. The van der Waals surface area contributed by atoms with Gasteiger partial charge in [0.1, 0.15) is 5.02 Å². The van der Waals surface area contributed by atoms with Crippen LogP contribution in [0.3, 0.4) is 0 Å². The van der Waals surface area contributed by atoms with Crippen molar-refractivity contribution in [2.75, 3.05) is 0 Å². The lowest BCUT2D eigenvalue weighted by Crippen LogP contribution is -2.36. The summed E-state index contributed by atoms with van der Waals surface area (Å²) in [5, 5.41) is 13.9. The molecule has 2 rings (SSSR count). The Labute approximate surface area is 134 Å². The average Bonchev–Trinajstić information content (AvgIpc) is 2.48. The van der Waals surface area contributed by atoms with Gasteiger partial charge in [-0.2, -0.15) is 0 Å². The van der Waals surface area contributed by atoms with Gasteiger partial charge in [-0.05, 0) is 49.3 Å². The van der Waals surface area contributed by atoms with E-state index < -0.39 is 4.92 Å². The smallest absolute Gasteiger partial charge is 0.288 e. The Balaban J connectivity index is 1.95. The van der Waals surface area contributed by atoms with Crippen LogP contribution < -0.4 is 5.32 Å². The van der Waals surface area contributed by atoms with Gasteiger partial charge < -0.3 is 5.32 Å². The predicted molar refractivity (Wildman–Crippen MR) is 86.7 cm³/mol. The molecule has 1 aliphatic rings. The Morgan fingerprint density at radius 1 is 1.36 bits per heavy atom. The van der Waals surface area contributed by atoms with Crippen LogP contribution in [0.4, 0.5) is 5.69 Å². The SMILES string of the molecule is CC1CCC(NC(=O)/C=C/c2ccc(Cl)c([N+](=O)[O-])c2)CC1. The van der Waals surface area contributed by atoms with E-state index >= 15 is 0 Å². The molecule has 0 spiro atoms. The Bertz CT molecular complexity index is 593. The molecular formula is C16H19ClN2O3. The van der Waals surface area contributed by atoms with Crippen LogP contribution in [-0.4, -0.2) is 16.9 Å². The van der Waals surface area contributed by atoms with Crippen LogP contribution in [0.15, 0.2) is 24.3 Å². The lowest BCUT2D eigenvalue weighted by molar-refractivity contribution is -0.384. The number of carbonyl (C=O) groups is 1. The summed E-state index contributed by atoms with van der Waals surface area (Å²) in [6, 6.07) is 4.68. The molecule has 1 amide bonds. The highest BCUT2D eigenvalue weighted by Crippen LogP contribution is 2.26. The highest BCUT2D eigenvalue weighted by molar-refractivity contribution is 6.32. The maximum atomic E-state index is 11.9. The monoisotopic (exact) mass is 322 g/mol. The number of hydrogen-bond donors (Lipinski definition) is 1. The van der Waals surface area contributed by atoms with Crippen LogP contribution in [0, 0.1) is 16.0 Å². The molecule has 0 radical (unpaired) electrons. The predicted octanol–water partition coefficient (Wildman–Crippen LogP) is 3.96. The number of nitrogens with zero attached hydrogens (tertiary/aromatic N) is 1. The van der Waals surface area contributed by atoms with Crippen LogP contribution in [0.2, 0.25) is 5.02 Å². The fraction of sp³-hybridized carbons (Fsp3) is 0.438. The van der Waals surface area contributed by atoms with Gasteiger partial charge in [0.25, 0.3) is 5.69 Å². The lowest BCUT2D eigenvalue weighted by atomic mass is 9.87. The molecule has 0 heterocycles. The number of halogens is 1. The number of benzene rings is 1. The first-order chi connectivity index (χ1) is 10.5. The van der Waals surface area contributed by atoms with Crippen LogP contribution >= 0.6 is 11.6 Å². The summed E-state index contributed by atoms with van der Waals surface area (Å²) < 4.78 is 0. The van der Waals surface area contributed by atoms with E-state index in [0.29, 0.717) is 5.56 Å². The molecule has 5 nitrogen and oxygen atoms in total. The highest BCUT2D eigenvalue weighted by Gasteiger charge is 2.18. The van der Waals surface area contributed by atoms with Crippen LogP contribution in [0.25, 0.3) is 6.08 Å². The fourth-order valence-electron chi connectivity index (χ4n) is 2.60. The molecule has 0 aliphatic heterocycles. The number of rotatable bonds is 4. The molecule has 1 N–H and O–H groups in total. The topological polar surface area (TPSA) is 72.2 Å². The average molecular weight is 323 g/mol. The first-order valence-corrected chi connectivity index (χ1v) is 7.76. The maximum Gasteiger partial charge on any atom is 0.288 e. The van der Waals surface area contributed by atoms with Crippen molar-refractivity contribution >= 4 is 29.3 Å². The van der Waals surface area contributed by atoms with E-state index in [4.69, 9.17) is 11.6 Å². The molecule has 6 heteroatoms. The lowest BCUT2D eigenvalue weighted by Gasteiger charge is -2.26. The number of hydrogen-bond acceptors (Lipinski definition) is 3. The first kappa shape index (κ1) is 16.5. The second kappa shape index (κ2) is 7.40. The summed E-state index contributed by atoms with van der Waals surface area (Å²) in [5.74, 6) is 0.565. The van der Waals surface area contributed by atoms with E-state index in [9.17, 15) is 14.9 Å². The molecule has 0 aromatic heterocycles. The third kappa shape index (κ3) is 4.56. The van der Waals surface area contributed by atoms with Crippen molar-refractivity contribution in [3.63, 3.8) is 0 Å². The minimum Gasteiger partial charge on any atom is -0.350 e. The van der Waals surface area contributed by atoms with Crippen molar-refractivity contribution in [1.29, 1.82) is 0 Å². The minimum atomic E-state index is -0.539. The van der Waals surface area contributed by atoms with Crippen molar-refractivity contribution < 1.29 is 9.72 Å². The molecule has 1 fully saturated rings. The quantitative estimate of drug-likeness (QED) is 0.518. The summed E-state index contributed by atoms with van der Waals surface area (Å²) in [7, 11) is 0. The van der Waals surface area contributed by atoms with Gasteiger partial charge in [0.2, 0.25) is 5.91 Å². The second-order valence-corrected chi connectivity index (χ2v) is 6.17. The van der Waals surface area contributed by atoms with E-state index in [-0.39, 0.29) is 22.7 Å². The van der Waals surface area contributed by atoms with Gasteiger partial charge in [0, 0.05) is 18.2 Å². The molecule has 0 unspecified atom stereocenters. The molecular weight excluding hydrogens is 304 g/mol. The van der Waals surface area contributed by atoms with Crippen molar-refractivity contribution in [2.45, 2.75) is 38.6 Å². The molecule has 0 saturated heterocycles. The van der Waals surface area contributed by atoms with Crippen LogP contribution in [0.1, 0.15) is 38.2 Å². The van der Waals surface area contributed by atoms with Crippen LogP contribution in [0.5, 0.6) is 0 Å². The Kier molecular flexibility index (Phi) is 5.55. The van der Waals surface area contributed by atoms with Gasteiger partial charge in [-0.1, -0.05) is 24.6 Å². The molecule has 22 heavy (non-hydrogen) atoms. The van der Waals surface area contributed by atoms with E-state index in [1.807, 2.05) is 0 Å². The number of nitro benzene ring substituents is 1. The van der Waals surface area contributed by atoms with Crippen LogP contribution in [-0.2, 0) is 4.79 Å². The third-order valence-corrected chi connectivity index (χ3v) is 4.28. The van der Waals surface area contributed by atoms with E-state index in [1.54, 1.807) is 12.1 Å². The number of carbonyl (C=O) groups excluding carboxylic acids is 1. The Morgan fingerprint density at radius 3 is 2.68 bits per heavy atom. The Morgan fingerprint density at radius 2 is 2.05 bits per heavy atom. The molecule has 1 saturated carbocycles.